The molecule has 0 fully saturated rings. The Bertz CT molecular complexity index is 731. The van der Waals surface area contributed by atoms with Gasteiger partial charge in [-0.25, -0.2) is 0 Å². The highest BCUT2D eigenvalue weighted by molar-refractivity contribution is 8.04. The summed E-state index contributed by atoms with van der Waals surface area (Å²) in [5.74, 6) is 4.80. The third-order valence-corrected chi connectivity index (χ3v) is 13.9. The molecule has 0 heterocycles. The Labute approximate surface area is 313 Å². The first-order chi connectivity index (χ1) is 23.4. The average Bonchev–Trinajstić information content (AvgIpc) is 3.11. The van der Waals surface area contributed by atoms with E-state index < -0.39 is 0 Å². The molecule has 0 amide bonds. The molecule has 0 aromatic rings. The van der Waals surface area contributed by atoms with Crippen LogP contribution in [0.25, 0.3) is 0 Å². The monoisotopic (exact) mass is 792 g/mol. The number of rotatable bonds is 33. The number of thioether (sulfide) groups is 6. The van der Waals surface area contributed by atoms with Crippen molar-refractivity contribution in [3.63, 3.8) is 0 Å². The van der Waals surface area contributed by atoms with E-state index in [-0.39, 0.29) is 31.5 Å². The Kier molecular flexibility index (Phi) is 46.8. The highest BCUT2D eigenvalue weighted by Gasteiger charge is 2.21. The van der Waals surface area contributed by atoms with E-state index in [9.17, 15) is 28.8 Å². The number of hydrogen-bond acceptors (Lipinski definition) is 18. The molecule has 6 unspecified atom stereocenters. The van der Waals surface area contributed by atoms with Crippen molar-refractivity contribution in [2.24, 2.45) is 34.4 Å². The van der Waals surface area contributed by atoms with Crippen LogP contribution in [0.5, 0.6) is 0 Å². The topological polar surface area (TPSA) is 259 Å². The van der Waals surface area contributed by atoms with Crippen molar-refractivity contribution >= 4 is 108 Å². The van der Waals surface area contributed by atoms with Crippen LogP contribution in [0, 0.1) is 0 Å². The van der Waals surface area contributed by atoms with E-state index in [2.05, 4.69) is 0 Å². The Morgan fingerprint density at radius 3 is 1.02 bits per heavy atom. The minimum atomic E-state index is -0.0567. The third-order valence-electron chi connectivity index (χ3n) is 5.84. The standard InChI is InChI=1S/3C10H20N2O2S2/c11-3-7-15-9(1-5-13)10(2-6-14)16-8-4-12;11-2-5-15-9(1-4-13)7-10(8-14)16-6-3-12;11-3-5-15-9(7-13)1-2-10(8-14)16-6-4-12/h5-6,9-10H,1-4,7-8,11-12H2;4,8-10H,1-3,5-7,11-12H2;7-10H,1-6,11-12H2. The Morgan fingerprint density at radius 1 is 0.396 bits per heavy atom. The predicted octanol–water partition coefficient (Wildman–Crippen LogP) is 0.856. The van der Waals surface area contributed by atoms with Crippen LogP contribution in [0.2, 0.25) is 0 Å². The van der Waals surface area contributed by atoms with E-state index in [0.717, 1.165) is 91.5 Å². The van der Waals surface area contributed by atoms with Crippen LogP contribution in [-0.4, -0.2) is 143 Å². The summed E-state index contributed by atoms with van der Waals surface area (Å²) in [6.45, 7) is 3.51. The average molecular weight is 793 g/mol. The second kappa shape index (κ2) is 43.0. The zero-order chi connectivity index (χ0) is 36.7. The summed E-state index contributed by atoms with van der Waals surface area (Å²) < 4.78 is 0. The van der Waals surface area contributed by atoms with Crippen molar-refractivity contribution < 1.29 is 28.8 Å². The van der Waals surface area contributed by atoms with Crippen molar-refractivity contribution in [1.29, 1.82) is 0 Å². The molecule has 6 atom stereocenters. The number of carbonyl (C=O) groups is 6. The van der Waals surface area contributed by atoms with Gasteiger partial charge in [0.15, 0.2) is 0 Å². The van der Waals surface area contributed by atoms with Crippen molar-refractivity contribution in [2.75, 3.05) is 73.8 Å². The fourth-order valence-electron chi connectivity index (χ4n) is 3.65. The molecular formula is C30H60N6O6S6. The molecular weight excluding hydrogens is 733 g/mol. The first-order valence-corrected chi connectivity index (χ1v) is 22.2. The molecule has 0 saturated heterocycles. The molecule has 282 valence electrons. The largest absolute Gasteiger partial charge is 0.330 e. The third kappa shape index (κ3) is 34.3. The van der Waals surface area contributed by atoms with E-state index in [4.69, 9.17) is 34.4 Å². The molecule has 0 rings (SSSR count). The molecule has 0 aliphatic rings. The van der Waals surface area contributed by atoms with Gasteiger partial charge in [0.05, 0.1) is 15.7 Å². The Morgan fingerprint density at radius 2 is 0.708 bits per heavy atom. The van der Waals surface area contributed by atoms with Gasteiger partial charge in [0, 0.05) is 109 Å². The van der Waals surface area contributed by atoms with Gasteiger partial charge >= 0.3 is 0 Å². The number of aldehydes is 6. The van der Waals surface area contributed by atoms with Crippen LogP contribution in [0.15, 0.2) is 0 Å². The zero-order valence-corrected chi connectivity index (χ0v) is 32.9. The Hall–Kier alpha value is -0.120. The number of nitrogens with two attached hydrogens (primary N) is 6. The maximum Gasteiger partial charge on any atom is 0.132 e. The van der Waals surface area contributed by atoms with Crippen molar-refractivity contribution in [1.82, 2.24) is 0 Å². The van der Waals surface area contributed by atoms with Crippen LogP contribution in [-0.2, 0) is 28.8 Å². The van der Waals surface area contributed by atoms with E-state index in [1.807, 2.05) is 0 Å². The van der Waals surface area contributed by atoms with E-state index >= 15 is 0 Å². The molecule has 48 heavy (non-hydrogen) atoms. The summed E-state index contributed by atoms with van der Waals surface area (Å²) in [5, 5.41) is 0.403. The second-order valence-corrected chi connectivity index (χ2v) is 17.8. The number of hydrogen-bond donors (Lipinski definition) is 6. The van der Waals surface area contributed by atoms with E-state index in [1.54, 1.807) is 70.6 Å². The van der Waals surface area contributed by atoms with Gasteiger partial charge in [0.2, 0.25) is 0 Å². The molecule has 0 spiro atoms. The molecule has 12 nitrogen and oxygen atoms in total. The number of carbonyl (C=O) groups excluding carboxylic acids is 6. The smallest absolute Gasteiger partial charge is 0.132 e. The summed E-state index contributed by atoms with van der Waals surface area (Å²) in [5.41, 5.74) is 32.4. The summed E-state index contributed by atoms with van der Waals surface area (Å²) in [4.78, 5) is 64.0. The molecule has 0 aromatic carbocycles. The lowest BCUT2D eigenvalue weighted by Crippen LogP contribution is -2.24. The normalized spacial score (nSPS) is 14.4. The molecule has 0 aliphatic carbocycles. The highest BCUT2D eigenvalue weighted by atomic mass is 32.2. The van der Waals surface area contributed by atoms with E-state index in [0.29, 0.717) is 58.5 Å². The van der Waals surface area contributed by atoms with Gasteiger partial charge in [-0.3, -0.25) is 0 Å². The van der Waals surface area contributed by atoms with Crippen LogP contribution < -0.4 is 34.4 Å². The quantitative estimate of drug-likeness (QED) is 0.0504. The molecule has 0 saturated carbocycles. The van der Waals surface area contributed by atoms with Crippen LogP contribution in [0.1, 0.15) is 38.5 Å². The van der Waals surface area contributed by atoms with Gasteiger partial charge in [-0.2, -0.15) is 35.3 Å². The van der Waals surface area contributed by atoms with Crippen molar-refractivity contribution in [2.45, 2.75) is 70.0 Å². The minimum Gasteiger partial charge on any atom is -0.330 e. The summed E-state index contributed by atoms with van der Waals surface area (Å²) in [6.07, 6.45) is 9.17. The fraction of sp³-hybridized carbons (Fsp3) is 0.800. The lowest BCUT2D eigenvalue weighted by molar-refractivity contribution is -0.109. The minimum absolute atomic E-state index is 0.0375. The first-order valence-electron chi connectivity index (χ1n) is 15.9. The molecule has 0 radical (unpaired) electrons. The molecule has 0 bridgehead atoms. The maximum atomic E-state index is 10.8. The molecule has 18 heteroatoms. The van der Waals surface area contributed by atoms with Gasteiger partial charge < -0.3 is 63.2 Å². The van der Waals surface area contributed by atoms with E-state index in [1.165, 1.54) is 0 Å². The van der Waals surface area contributed by atoms with Crippen molar-refractivity contribution in [3.05, 3.63) is 0 Å². The lowest BCUT2D eigenvalue weighted by atomic mass is 10.2. The summed E-state index contributed by atoms with van der Waals surface area (Å²) >= 11 is 9.66. The highest BCUT2D eigenvalue weighted by Crippen LogP contribution is 2.28. The zero-order valence-electron chi connectivity index (χ0n) is 28.0. The van der Waals surface area contributed by atoms with Crippen LogP contribution >= 0.6 is 70.6 Å². The first kappa shape index (κ1) is 52.2. The summed E-state index contributed by atoms with van der Waals surface area (Å²) in [6, 6.07) is 0. The second-order valence-electron chi connectivity index (χ2n) is 9.70. The van der Waals surface area contributed by atoms with Gasteiger partial charge in [-0.15, -0.1) is 35.3 Å². The molecule has 12 N–H and O–H groups in total. The van der Waals surface area contributed by atoms with Gasteiger partial charge in [0.25, 0.3) is 0 Å². The Balaban J connectivity index is -0.000000633. The van der Waals surface area contributed by atoms with Crippen LogP contribution in [0.4, 0.5) is 0 Å². The van der Waals surface area contributed by atoms with Gasteiger partial charge in [0.1, 0.15) is 37.7 Å². The summed E-state index contributed by atoms with van der Waals surface area (Å²) in [7, 11) is 0. The fourth-order valence-corrected chi connectivity index (χ4v) is 9.75. The lowest BCUT2D eigenvalue weighted by Gasteiger charge is -2.23. The SMILES string of the molecule is NCCSC(C=O)CC(CC=O)SCCN.NCCSC(C=O)CCC(C=O)SCCN.NCCSC(CC=O)C(CC=O)SCCN. The van der Waals surface area contributed by atoms with Crippen molar-refractivity contribution in [3.8, 4) is 0 Å². The van der Waals surface area contributed by atoms with Gasteiger partial charge in [-0.05, 0) is 19.3 Å². The van der Waals surface area contributed by atoms with Gasteiger partial charge in [-0.1, -0.05) is 0 Å². The molecule has 0 aromatic heterocycles. The maximum absolute atomic E-state index is 10.8. The molecule has 0 aliphatic heterocycles. The van der Waals surface area contributed by atoms with Crippen LogP contribution in [0.3, 0.4) is 0 Å². The predicted molar refractivity (Wildman–Crippen MR) is 216 cm³/mol.